The fourth-order valence-corrected chi connectivity index (χ4v) is 2.07. The highest BCUT2D eigenvalue weighted by Gasteiger charge is 2.23. The van der Waals surface area contributed by atoms with Crippen molar-refractivity contribution in [1.82, 2.24) is 19.3 Å². The van der Waals surface area contributed by atoms with Crippen molar-refractivity contribution in [2.24, 2.45) is 14.1 Å². The maximum atomic E-state index is 11.9. The molecule has 0 aliphatic rings. The van der Waals surface area contributed by atoms with Crippen molar-refractivity contribution in [1.29, 1.82) is 0 Å². The summed E-state index contributed by atoms with van der Waals surface area (Å²) in [4.78, 5) is 16.1. The molecule has 0 aliphatic heterocycles. The van der Waals surface area contributed by atoms with Crippen LogP contribution < -0.4 is 0 Å². The summed E-state index contributed by atoms with van der Waals surface area (Å²) in [5, 5.41) is 4.10. The van der Waals surface area contributed by atoms with Gasteiger partial charge in [0.2, 0.25) is 0 Å². The number of rotatable bonds is 3. The van der Waals surface area contributed by atoms with Crippen LogP contribution in [-0.2, 0) is 18.8 Å². The van der Waals surface area contributed by atoms with Gasteiger partial charge in [-0.2, -0.15) is 5.10 Å². The van der Waals surface area contributed by atoms with E-state index in [-0.39, 0.29) is 5.69 Å². The second-order valence-corrected chi connectivity index (χ2v) is 4.41. The molecule has 6 nitrogen and oxygen atoms in total. The Kier molecular flexibility index (Phi) is 3.51. The number of carbonyl (C=O) groups excluding carboxylic acids is 1. The molecule has 0 unspecified atom stereocenters. The van der Waals surface area contributed by atoms with Crippen LogP contribution >= 0.6 is 15.9 Å². The maximum Gasteiger partial charge on any atom is 0.359 e. The van der Waals surface area contributed by atoms with Gasteiger partial charge in [-0.25, -0.2) is 9.78 Å². The molecule has 96 valence electrons. The molecule has 0 bridgehead atoms. The van der Waals surface area contributed by atoms with Gasteiger partial charge >= 0.3 is 5.97 Å². The lowest BCUT2D eigenvalue weighted by Gasteiger charge is -2.06. The zero-order valence-electron chi connectivity index (χ0n) is 10.3. The quantitative estimate of drug-likeness (QED) is 0.810. The molecule has 2 aromatic rings. The number of carbonyl (C=O) groups is 1. The van der Waals surface area contributed by atoms with Crippen molar-refractivity contribution in [2.45, 2.75) is 6.92 Å². The lowest BCUT2D eigenvalue weighted by Crippen LogP contribution is -2.09. The predicted octanol–water partition coefficient (Wildman–Crippen LogP) is 1.76. The second kappa shape index (κ2) is 4.93. The number of hydrogen-bond acceptors (Lipinski definition) is 4. The Labute approximate surface area is 113 Å². The molecule has 0 spiro atoms. The summed E-state index contributed by atoms with van der Waals surface area (Å²) in [7, 11) is 3.63. The highest BCUT2D eigenvalue weighted by Crippen LogP contribution is 2.26. The van der Waals surface area contributed by atoms with Gasteiger partial charge in [-0.3, -0.25) is 4.68 Å². The fraction of sp³-hybridized carbons (Fsp3) is 0.364. The number of nitrogens with zero attached hydrogens (tertiary/aromatic N) is 4. The van der Waals surface area contributed by atoms with Crippen LogP contribution in [0.5, 0.6) is 0 Å². The van der Waals surface area contributed by atoms with Crippen molar-refractivity contribution >= 4 is 21.9 Å². The van der Waals surface area contributed by atoms with Gasteiger partial charge in [0.25, 0.3) is 0 Å². The van der Waals surface area contributed by atoms with Crippen LogP contribution in [0.25, 0.3) is 11.4 Å². The van der Waals surface area contributed by atoms with Gasteiger partial charge in [-0.1, -0.05) is 0 Å². The van der Waals surface area contributed by atoms with Gasteiger partial charge in [0.05, 0.1) is 12.3 Å². The zero-order chi connectivity index (χ0) is 13.3. The smallest absolute Gasteiger partial charge is 0.359 e. The molecule has 0 fully saturated rings. The zero-order valence-corrected chi connectivity index (χ0v) is 11.9. The van der Waals surface area contributed by atoms with E-state index in [1.165, 1.54) is 0 Å². The Balaban J connectivity index is 2.59. The van der Waals surface area contributed by atoms with E-state index in [0.717, 1.165) is 5.69 Å². The van der Waals surface area contributed by atoms with E-state index in [1.807, 2.05) is 20.2 Å². The molecule has 7 heteroatoms. The average molecular weight is 313 g/mol. The number of esters is 1. The second-order valence-electron chi connectivity index (χ2n) is 3.70. The van der Waals surface area contributed by atoms with Crippen molar-refractivity contribution in [2.75, 3.05) is 6.61 Å². The van der Waals surface area contributed by atoms with Gasteiger partial charge in [-0.05, 0) is 28.9 Å². The Morgan fingerprint density at radius 1 is 1.50 bits per heavy atom. The van der Waals surface area contributed by atoms with Crippen molar-refractivity contribution < 1.29 is 9.53 Å². The monoisotopic (exact) mass is 312 g/mol. The largest absolute Gasteiger partial charge is 0.461 e. The molecular formula is C11H13BrN4O2. The lowest BCUT2D eigenvalue weighted by molar-refractivity contribution is 0.0521. The summed E-state index contributed by atoms with van der Waals surface area (Å²) in [5.41, 5.74) is 1.77. The van der Waals surface area contributed by atoms with Crippen molar-refractivity contribution in [3.05, 3.63) is 22.7 Å². The molecule has 0 amide bonds. The normalized spacial score (nSPS) is 10.7. The molecule has 18 heavy (non-hydrogen) atoms. The molecule has 0 saturated heterocycles. The van der Waals surface area contributed by atoms with E-state index >= 15 is 0 Å². The molecule has 0 atom stereocenters. The van der Waals surface area contributed by atoms with E-state index < -0.39 is 5.97 Å². The number of aromatic nitrogens is 4. The number of imidazole rings is 1. The molecule has 0 radical (unpaired) electrons. The summed E-state index contributed by atoms with van der Waals surface area (Å²) in [6, 6.07) is 1.83. The van der Waals surface area contributed by atoms with E-state index in [0.29, 0.717) is 17.0 Å². The first kappa shape index (κ1) is 12.8. The molecule has 2 heterocycles. The van der Waals surface area contributed by atoms with Gasteiger partial charge in [0, 0.05) is 20.3 Å². The van der Waals surface area contributed by atoms with E-state index in [2.05, 4.69) is 26.0 Å². The molecular weight excluding hydrogens is 300 g/mol. The lowest BCUT2D eigenvalue weighted by atomic mass is 10.2. The van der Waals surface area contributed by atoms with E-state index in [1.54, 1.807) is 22.4 Å². The third-order valence-corrected chi connectivity index (χ3v) is 3.28. The first-order valence-electron chi connectivity index (χ1n) is 5.44. The van der Waals surface area contributed by atoms with Crippen LogP contribution in [0.2, 0.25) is 0 Å². The summed E-state index contributed by atoms with van der Waals surface area (Å²) in [6.07, 6.45) is 1.67. The van der Waals surface area contributed by atoms with Crippen molar-refractivity contribution in [3.63, 3.8) is 0 Å². The number of hydrogen-bond donors (Lipinski definition) is 0. The van der Waals surface area contributed by atoms with Crippen molar-refractivity contribution in [3.8, 4) is 11.4 Å². The van der Waals surface area contributed by atoms with Crippen LogP contribution in [0.4, 0.5) is 0 Å². The summed E-state index contributed by atoms with van der Waals surface area (Å²) < 4.78 is 9.05. The molecule has 0 N–H and O–H groups in total. The minimum Gasteiger partial charge on any atom is -0.461 e. The minimum absolute atomic E-state index is 0.287. The number of ether oxygens (including phenoxy) is 1. The Morgan fingerprint density at radius 3 is 2.78 bits per heavy atom. The molecule has 0 saturated carbocycles. The Hall–Kier alpha value is -1.63. The number of halogens is 1. The fourth-order valence-electron chi connectivity index (χ4n) is 1.71. The first-order valence-corrected chi connectivity index (χ1v) is 6.23. The van der Waals surface area contributed by atoms with Crippen LogP contribution in [0, 0.1) is 0 Å². The van der Waals surface area contributed by atoms with Gasteiger partial charge in [-0.15, -0.1) is 0 Å². The van der Waals surface area contributed by atoms with Crippen LogP contribution in [-0.4, -0.2) is 31.9 Å². The first-order chi connectivity index (χ1) is 8.56. The Morgan fingerprint density at radius 2 is 2.22 bits per heavy atom. The highest BCUT2D eigenvalue weighted by atomic mass is 79.9. The summed E-state index contributed by atoms with van der Waals surface area (Å²) >= 11 is 3.31. The van der Waals surface area contributed by atoms with Gasteiger partial charge in [0.1, 0.15) is 5.69 Å². The molecule has 0 aromatic carbocycles. The van der Waals surface area contributed by atoms with E-state index in [4.69, 9.17) is 4.74 Å². The Bertz CT molecular complexity index is 588. The average Bonchev–Trinajstić information content (AvgIpc) is 2.85. The van der Waals surface area contributed by atoms with Crippen LogP contribution in [0.15, 0.2) is 17.0 Å². The highest BCUT2D eigenvalue weighted by molar-refractivity contribution is 9.10. The topological polar surface area (TPSA) is 61.9 Å². The SMILES string of the molecule is CCOC(=O)c1nc(Br)n(C)c1-c1ccnn1C. The van der Waals surface area contributed by atoms with Crippen LogP contribution in [0.1, 0.15) is 17.4 Å². The third-order valence-electron chi connectivity index (χ3n) is 2.57. The maximum absolute atomic E-state index is 11.9. The molecule has 2 aromatic heterocycles. The third kappa shape index (κ3) is 2.05. The minimum atomic E-state index is -0.435. The predicted molar refractivity (Wildman–Crippen MR) is 69.1 cm³/mol. The standard InChI is InChI=1S/C11H13BrN4O2/c1-4-18-10(17)8-9(15(2)11(12)14-8)7-5-6-13-16(7)3/h5-6H,4H2,1-3H3. The molecule has 2 rings (SSSR count). The molecule has 0 aliphatic carbocycles. The van der Waals surface area contributed by atoms with Gasteiger partial charge < -0.3 is 9.30 Å². The summed E-state index contributed by atoms with van der Waals surface area (Å²) in [5.74, 6) is -0.435. The van der Waals surface area contributed by atoms with Gasteiger partial charge in [0.15, 0.2) is 10.4 Å². The van der Waals surface area contributed by atoms with E-state index in [9.17, 15) is 4.79 Å². The van der Waals surface area contributed by atoms with Crippen LogP contribution in [0.3, 0.4) is 0 Å². The summed E-state index contributed by atoms with van der Waals surface area (Å²) in [6.45, 7) is 2.08. The number of aryl methyl sites for hydroxylation is 1.